The second kappa shape index (κ2) is 9.25. The number of hydrogen-bond donors (Lipinski definition) is 0. The Morgan fingerprint density at radius 1 is 1.04 bits per heavy atom. The molecule has 0 aliphatic heterocycles. The highest BCUT2D eigenvalue weighted by Crippen LogP contribution is 2.21. The minimum Gasteiger partial charge on any atom is -0.493 e. The first-order valence-corrected chi connectivity index (χ1v) is 11.7. The van der Waals surface area contributed by atoms with Gasteiger partial charge in [0.25, 0.3) is 0 Å². The molecule has 0 N–H and O–H groups in total. The Balaban J connectivity index is 1.63. The van der Waals surface area contributed by atoms with Gasteiger partial charge in [0, 0.05) is 12.3 Å². The number of nitrogens with zero attached hydrogens (tertiary/aromatic N) is 3. The van der Waals surface area contributed by atoms with Gasteiger partial charge >= 0.3 is 0 Å². The van der Waals surface area contributed by atoms with E-state index >= 15 is 0 Å². The topological polar surface area (TPSA) is 74.1 Å². The highest BCUT2D eigenvalue weighted by Gasteiger charge is 2.21. The van der Waals surface area contributed by atoms with Gasteiger partial charge < -0.3 is 9.30 Å². The second-order valence-electron chi connectivity index (χ2n) is 6.23. The summed E-state index contributed by atoms with van der Waals surface area (Å²) in [6.45, 7) is 5.01. The number of hydrogen-bond acceptors (Lipinski definition) is 6. The van der Waals surface area contributed by atoms with Crippen molar-refractivity contribution in [2.45, 2.75) is 36.2 Å². The zero-order chi connectivity index (χ0) is 20.0. The van der Waals surface area contributed by atoms with Crippen LogP contribution in [0, 0.1) is 6.92 Å². The number of sulfone groups is 1. The molecule has 0 atom stereocenters. The maximum Gasteiger partial charge on any atom is 0.191 e. The Labute approximate surface area is 169 Å². The third-order valence-electron chi connectivity index (χ3n) is 4.14. The molecule has 3 rings (SSSR count). The Morgan fingerprint density at radius 3 is 2.43 bits per heavy atom. The largest absolute Gasteiger partial charge is 0.493 e. The van der Waals surface area contributed by atoms with Gasteiger partial charge in [-0.25, -0.2) is 8.42 Å². The summed E-state index contributed by atoms with van der Waals surface area (Å²) in [6.07, 6.45) is 0. The lowest BCUT2D eigenvalue weighted by Crippen LogP contribution is -2.11. The molecule has 0 aliphatic rings. The van der Waals surface area contributed by atoms with Crippen LogP contribution in [0.5, 0.6) is 5.75 Å². The van der Waals surface area contributed by atoms with Crippen molar-refractivity contribution >= 4 is 21.6 Å². The second-order valence-corrected chi connectivity index (χ2v) is 9.28. The highest BCUT2D eigenvalue weighted by molar-refractivity contribution is 7.99. The molecule has 0 radical (unpaired) electrons. The average molecular weight is 418 g/mol. The fourth-order valence-electron chi connectivity index (χ4n) is 2.66. The van der Waals surface area contributed by atoms with Gasteiger partial charge in [0.1, 0.15) is 17.3 Å². The molecule has 3 aromatic rings. The van der Waals surface area contributed by atoms with Crippen LogP contribution in [-0.2, 0) is 22.1 Å². The van der Waals surface area contributed by atoms with Gasteiger partial charge in [-0.05, 0) is 38.1 Å². The van der Waals surface area contributed by atoms with E-state index in [0.717, 1.165) is 11.3 Å². The summed E-state index contributed by atoms with van der Waals surface area (Å²) in [5, 5.41) is 9.01. The van der Waals surface area contributed by atoms with Crippen molar-refractivity contribution in [2.75, 3.05) is 12.4 Å². The van der Waals surface area contributed by atoms with E-state index in [2.05, 4.69) is 10.2 Å². The standard InChI is InChI=1S/C20H23N3O3S2/c1-3-23-19(15-28(24,25)18-11-9-16(2)10-12-18)21-22-20(23)27-14-13-26-17-7-5-4-6-8-17/h4-12H,3,13-15H2,1-2H3. The van der Waals surface area contributed by atoms with E-state index in [0.29, 0.717) is 34.8 Å². The number of aromatic nitrogens is 3. The lowest BCUT2D eigenvalue weighted by Gasteiger charge is -2.09. The van der Waals surface area contributed by atoms with Gasteiger partial charge in [-0.2, -0.15) is 0 Å². The molecule has 6 nitrogen and oxygen atoms in total. The van der Waals surface area contributed by atoms with Crippen molar-refractivity contribution in [1.29, 1.82) is 0 Å². The Bertz CT molecular complexity index is 1000. The van der Waals surface area contributed by atoms with Crippen LogP contribution < -0.4 is 4.74 Å². The molecule has 0 saturated heterocycles. The average Bonchev–Trinajstić information content (AvgIpc) is 3.07. The summed E-state index contributed by atoms with van der Waals surface area (Å²) < 4.78 is 32.9. The van der Waals surface area contributed by atoms with Crippen LogP contribution in [0.3, 0.4) is 0 Å². The Morgan fingerprint density at radius 2 is 1.75 bits per heavy atom. The highest BCUT2D eigenvalue weighted by atomic mass is 32.2. The quantitative estimate of drug-likeness (QED) is 0.390. The third kappa shape index (κ3) is 5.14. The molecule has 8 heteroatoms. The molecule has 0 unspecified atom stereocenters. The lowest BCUT2D eigenvalue weighted by molar-refractivity contribution is 0.344. The molecule has 1 aromatic heterocycles. The van der Waals surface area contributed by atoms with Gasteiger partial charge in [-0.3, -0.25) is 0 Å². The van der Waals surface area contributed by atoms with E-state index < -0.39 is 9.84 Å². The number of aryl methyl sites for hydroxylation is 1. The van der Waals surface area contributed by atoms with Gasteiger partial charge in [0.2, 0.25) is 0 Å². The minimum absolute atomic E-state index is 0.169. The maximum atomic E-state index is 12.7. The molecule has 0 fully saturated rings. The van der Waals surface area contributed by atoms with E-state index in [9.17, 15) is 8.42 Å². The van der Waals surface area contributed by atoms with E-state index in [-0.39, 0.29) is 5.75 Å². The monoisotopic (exact) mass is 417 g/mol. The first kappa shape index (κ1) is 20.4. The van der Waals surface area contributed by atoms with Gasteiger partial charge in [-0.15, -0.1) is 10.2 Å². The smallest absolute Gasteiger partial charge is 0.191 e. The molecule has 0 spiro atoms. The number of rotatable bonds is 9. The molecule has 0 bridgehead atoms. The Hall–Kier alpha value is -2.32. The first-order valence-electron chi connectivity index (χ1n) is 9.02. The van der Waals surface area contributed by atoms with Gasteiger partial charge in [0.15, 0.2) is 15.0 Å². The molecule has 2 aromatic carbocycles. The maximum absolute atomic E-state index is 12.7. The van der Waals surface area contributed by atoms with E-state index in [4.69, 9.17) is 4.74 Å². The van der Waals surface area contributed by atoms with E-state index in [1.165, 1.54) is 11.8 Å². The fraction of sp³-hybridized carbons (Fsp3) is 0.300. The normalized spacial score (nSPS) is 11.5. The van der Waals surface area contributed by atoms with Crippen molar-refractivity contribution in [3.8, 4) is 5.75 Å². The molecular formula is C20H23N3O3S2. The molecule has 0 saturated carbocycles. The van der Waals surface area contributed by atoms with Crippen molar-refractivity contribution < 1.29 is 13.2 Å². The predicted octanol–water partition coefficient (Wildman–Crippen LogP) is 3.75. The van der Waals surface area contributed by atoms with Crippen LogP contribution in [0.2, 0.25) is 0 Å². The summed E-state index contributed by atoms with van der Waals surface area (Å²) in [5.41, 5.74) is 1.02. The Kier molecular flexibility index (Phi) is 6.74. The van der Waals surface area contributed by atoms with Crippen molar-refractivity contribution in [3.63, 3.8) is 0 Å². The number of para-hydroxylation sites is 1. The molecule has 1 heterocycles. The molecule has 148 valence electrons. The SMILES string of the molecule is CCn1c(CS(=O)(=O)c2ccc(C)cc2)nnc1SCCOc1ccccc1. The summed E-state index contributed by atoms with van der Waals surface area (Å²) in [4.78, 5) is 0.300. The first-order chi connectivity index (χ1) is 13.5. The van der Waals surface area contributed by atoms with Crippen molar-refractivity contribution in [2.24, 2.45) is 0 Å². The zero-order valence-corrected chi connectivity index (χ0v) is 17.5. The number of benzene rings is 2. The molecule has 0 amide bonds. The van der Waals surface area contributed by atoms with Crippen LogP contribution in [0.4, 0.5) is 0 Å². The minimum atomic E-state index is -3.47. The van der Waals surface area contributed by atoms with E-state index in [1.54, 1.807) is 24.3 Å². The summed E-state index contributed by atoms with van der Waals surface area (Å²) >= 11 is 1.51. The van der Waals surface area contributed by atoms with Crippen LogP contribution >= 0.6 is 11.8 Å². The molecule has 0 aliphatic carbocycles. The summed E-state index contributed by atoms with van der Waals surface area (Å²) in [7, 11) is -3.47. The fourth-order valence-corrected chi connectivity index (χ4v) is 4.77. The predicted molar refractivity (Wildman–Crippen MR) is 110 cm³/mol. The third-order valence-corrected chi connectivity index (χ3v) is 6.69. The van der Waals surface area contributed by atoms with Gasteiger partial charge in [-0.1, -0.05) is 47.7 Å². The van der Waals surface area contributed by atoms with Gasteiger partial charge in [0.05, 0.1) is 11.5 Å². The van der Waals surface area contributed by atoms with Crippen LogP contribution in [0.25, 0.3) is 0 Å². The van der Waals surface area contributed by atoms with E-state index in [1.807, 2.05) is 48.7 Å². The van der Waals surface area contributed by atoms with Crippen molar-refractivity contribution in [1.82, 2.24) is 14.8 Å². The van der Waals surface area contributed by atoms with Crippen LogP contribution in [-0.4, -0.2) is 35.5 Å². The van der Waals surface area contributed by atoms with Crippen LogP contribution in [0.15, 0.2) is 64.6 Å². The summed E-state index contributed by atoms with van der Waals surface area (Å²) in [6, 6.07) is 16.5. The molecular weight excluding hydrogens is 394 g/mol. The molecule has 28 heavy (non-hydrogen) atoms. The number of ether oxygens (including phenoxy) is 1. The summed E-state index contributed by atoms with van der Waals surface area (Å²) in [5.74, 6) is 1.80. The lowest BCUT2D eigenvalue weighted by atomic mass is 10.2. The van der Waals surface area contributed by atoms with Crippen LogP contribution in [0.1, 0.15) is 18.3 Å². The van der Waals surface area contributed by atoms with Crippen molar-refractivity contribution in [3.05, 3.63) is 66.0 Å². The zero-order valence-electron chi connectivity index (χ0n) is 15.9. The number of thioether (sulfide) groups is 1.